The number of ether oxygens (including phenoxy) is 1. The van der Waals surface area contributed by atoms with Crippen molar-refractivity contribution >= 4 is 5.91 Å². The molecule has 3 rings (SSSR count). The van der Waals surface area contributed by atoms with E-state index >= 15 is 0 Å². The highest BCUT2D eigenvalue weighted by Crippen LogP contribution is 2.47. The average molecular weight is 265 g/mol. The van der Waals surface area contributed by atoms with Crippen molar-refractivity contribution in [1.82, 2.24) is 15.0 Å². The van der Waals surface area contributed by atoms with Gasteiger partial charge in [0.2, 0.25) is 5.91 Å². The number of hydrogen-bond donors (Lipinski definition) is 1. The first-order chi connectivity index (χ1) is 9.25. The zero-order valence-electron chi connectivity index (χ0n) is 11.0. The fraction of sp³-hybridized carbons (Fsp3) is 0.692. The van der Waals surface area contributed by atoms with E-state index in [0.717, 1.165) is 31.4 Å². The molecule has 0 spiro atoms. The van der Waals surface area contributed by atoms with Crippen molar-refractivity contribution in [2.75, 3.05) is 6.61 Å². The predicted octanol–water partition coefficient (Wildman–Crippen LogP) is 1.10. The number of amides is 1. The maximum atomic E-state index is 11.9. The summed E-state index contributed by atoms with van der Waals surface area (Å²) in [4.78, 5) is 21.3. The Morgan fingerprint density at radius 1 is 1.58 bits per heavy atom. The molecule has 1 aromatic heterocycles. The second-order valence-corrected chi connectivity index (χ2v) is 5.26. The van der Waals surface area contributed by atoms with Crippen LogP contribution in [0.5, 0.6) is 0 Å². The van der Waals surface area contributed by atoms with Crippen LogP contribution in [-0.2, 0) is 21.4 Å². The Bertz CT molecular complexity index is 454. The largest absolute Gasteiger partial charge is 0.350 e. The standard InChI is InChI=1S/C13H19N3O3/c1-16-8-14-7-11(16)9-6-10(9)13(17)15-19-12-4-2-3-5-18-12/h7-10,12H,2-6H2,1H3,(H,15,17)/t9-,10-,12?/m1/s1. The van der Waals surface area contributed by atoms with E-state index in [-0.39, 0.29) is 24.0 Å². The molecule has 6 heteroatoms. The third kappa shape index (κ3) is 2.79. The predicted molar refractivity (Wildman–Crippen MR) is 66.9 cm³/mol. The Balaban J connectivity index is 1.46. The van der Waals surface area contributed by atoms with Crippen LogP contribution in [-0.4, -0.2) is 28.4 Å². The zero-order valence-corrected chi connectivity index (χ0v) is 11.0. The minimum atomic E-state index is -0.286. The maximum absolute atomic E-state index is 11.9. The number of nitrogens with one attached hydrogen (secondary N) is 1. The van der Waals surface area contributed by atoms with Gasteiger partial charge < -0.3 is 9.30 Å². The van der Waals surface area contributed by atoms with Crippen molar-refractivity contribution in [1.29, 1.82) is 0 Å². The van der Waals surface area contributed by atoms with Crippen LogP contribution in [0.1, 0.15) is 37.3 Å². The summed E-state index contributed by atoms with van der Waals surface area (Å²) in [7, 11) is 1.95. The van der Waals surface area contributed by atoms with Crippen LogP contribution >= 0.6 is 0 Å². The fourth-order valence-corrected chi connectivity index (χ4v) is 2.54. The van der Waals surface area contributed by atoms with E-state index in [1.165, 1.54) is 0 Å². The molecule has 2 heterocycles. The second-order valence-electron chi connectivity index (χ2n) is 5.26. The van der Waals surface area contributed by atoms with Crippen LogP contribution in [0.2, 0.25) is 0 Å². The van der Waals surface area contributed by atoms with E-state index in [1.54, 1.807) is 6.33 Å². The number of carbonyl (C=O) groups is 1. The molecule has 1 aliphatic carbocycles. The van der Waals surface area contributed by atoms with Crippen LogP contribution in [0.4, 0.5) is 0 Å². The lowest BCUT2D eigenvalue weighted by molar-refractivity contribution is -0.201. The van der Waals surface area contributed by atoms with Gasteiger partial charge in [0.1, 0.15) is 0 Å². The molecule has 6 nitrogen and oxygen atoms in total. The Kier molecular flexibility index (Phi) is 3.52. The summed E-state index contributed by atoms with van der Waals surface area (Å²) in [6.45, 7) is 0.710. The van der Waals surface area contributed by atoms with E-state index in [9.17, 15) is 4.79 Å². The summed E-state index contributed by atoms with van der Waals surface area (Å²) in [5, 5.41) is 0. The van der Waals surface area contributed by atoms with Gasteiger partial charge in [0, 0.05) is 43.8 Å². The highest BCUT2D eigenvalue weighted by molar-refractivity contribution is 5.81. The molecule has 104 valence electrons. The topological polar surface area (TPSA) is 65.4 Å². The summed E-state index contributed by atoms with van der Waals surface area (Å²) in [6.07, 6.45) is 7.15. The number of hydrogen-bond acceptors (Lipinski definition) is 4. The van der Waals surface area contributed by atoms with E-state index < -0.39 is 0 Å². The Morgan fingerprint density at radius 2 is 2.47 bits per heavy atom. The zero-order chi connectivity index (χ0) is 13.2. The number of nitrogens with zero attached hydrogens (tertiary/aromatic N) is 2. The molecule has 1 unspecified atom stereocenters. The molecule has 0 bridgehead atoms. The van der Waals surface area contributed by atoms with Gasteiger partial charge in [-0.05, 0) is 19.3 Å². The van der Waals surface area contributed by atoms with Gasteiger partial charge in [-0.3, -0.25) is 4.79 Å². The van der Waals surface area contributed by atoms with Crippen molar-refractivity contribution in [3.63, 3.8) is 0 Å². The quantitative estimate of drug-likeness (QED) is 0.828. The van der Waals surface area contributed by atoms with Gasteiger partial charge >= 0.3 is 0 Å². The normalized spacial score (nSPS) is 30.1. The van der Waals surface area contributed by atoms with Gasteiger partial charge in [-0.2, -0.15) is 0 Å². The van der Waals surface area contributed by atoms with Crippen LogP contribution < -0.4 is 5.48 Å². The Morgan fingerprint density at radius 3 is 3.16 bits per heavy atom. The molecule has 1 aliphatic heterocycles. The number of rotatable bonds is 4. The molecular formula is C13H19N3O3. The molecule has 3 atom stereocenters. The Hall–Kier alpha value is -1.40. The third-order valence-electron chi connectivity index (χ3n) is 3.79. The summed E-state index contributed by atoms with van der Waals surface area (Å²) in [5.41, 5.74) is 3.64. The van der Waals surface area contributed by atoms with Crippen molar-refractivity contribution in [3.8, 4) is 0 Å². The molecule has 1 N–H and O–H groups in total. The lowest BCUT2D eigenvalue weighted by Crippen LogP contribution is -2.34. The molecule has 1 aromatic rings. The van der Waals surface area contributed by atoms with E-state index in [1.807, 2.05) is 17.8 Å². The number of aryl methyl sites for hydroxylation is 1. The first kappa shape index (κ1) is 12.6. The van der Waals surface area contributed by atoms with E-state index in [0.29, 0.717) is 6.61 Å². The summed E-state index contributed by atoms with van der Waals surface area (Å²) < 4.78 is 7.36. The molecular weight excluding hydrogens is 246 g/mol. The van der Waals surface area contributed by atoms with Gasteiger partial charge in [0.05, 0.1) is 6.33 Å². The lowest BCUT2D eigenvalue weighted by Gasteiger charge is -2.22. The van der Waals surface area contributed by atoms with Crippen molar-refractivity contribution in [2.45, 2.75) is 37.9 Å². The van der Waals surface area contributed by atoms with Gasteiger partial charge in [-0.1, -0.05) is 0 Å². The number of imidazole rings is 1. The summed E-state index contributed by atoms with van der Waals surface area (Å²) in [5.74, 6) is 0.211. The smallest absolute Gasteiger partial charge is 0.247 e. The van der Waals surface area contributed by atoms with Gasteiger partial charge in [-0.15, -0.1) is 0 Å². The van der Waals surface area contributed by atoms with Crippen LogP contribution in [0.3, 0.4) is 0 Å². The monoisotopic (exact) mass is 265 g/mol. The molecule has 0 radical (unpaired) electrons. The SMILES string of the molecule is Cn1cncc1[C@@H]1C[C@H]1C(=O)NOC1CCCCO1. The first-order valence-electron chi connectivity index (χ1n) is 6.79. The van der Waals surface area contributed by atoms with E-state index in [2.05, 4.69) is 10.5 Å². The highest BCUT2D eigenvalue weighted by Gasteiger charge is 2.45. The lowest BCUT2D eigenvalue weighted by atomic mass is 10.2. The average Bonchev–Trinajstić information content (AvgIpc) is 3.12. The number of hydroxylamine groups is 1. The summed E-state index contributed by atoms with van der Waals surface area (Å²) >= 11 is 0. The maximum Gasteiger partial charge on any atom is 0.247 e. The highest BCUT2D eigenvalue weighted by atomic mass is 16.8. The van der Waals surface area contributed by atoms with Gasteiger partial charge in [0.15, 0.2) is 6.29 Å². The third-order valence-corrected chi connectivity index (χ3v) is 3.79. The molecule has 1 amide bonds. The van der Waals surface area contributed by atoms with Crippen LogP contribution in [0.15, 0.2) is 12.5 Å². The van der Waals surface area contributed by atoms with Crippen molar-refractivity contribution in [2.24, 2.45) is 13.0 Å². The Labute approximate surface area is 112 Å². The van der Waals surface area contributed by atoms with Crippen molar-refractivity contribution < 1.29 is 14.4 Å². The van der Waals surface area contributed by atoms with Gasteiger partial charge in [0.25, 0.3) is 0 Å². The molecule has 19 heavy (non-hydrogen) atoms. The van der Waals surface area contributed by atoms with Crippen LogP contribution in [0, 0.1) is 5.92 Å². The molecule has 2 fully saturated rings. The van der Waals surface area contributed by atoms with Crippen LogP contribution in [0.25, 0.3) is 0 Å². The molecule has 0 aromatic carbocycles. The van der Waals surface area contributed by atoms with E-state index in [4.69, 9.17) is 9.57 Å². The minimum absolute atomic E-state index is 0.000935. The molecule has 1 saturated carbocycles. The van der Waals surface area contributed by atoms with Crippen molar-refractivity contribution in [3.05, 3.63) is 18.2 Å². The first-order valence-corrected chi connectivity index (χ1v) is 6.79. The fourth-order valence-electron chi connectivity index (χ4n) is 2.54. The number of carbonyl (C=O) groups excluding carboxylic acids is 1. The summed E-state index contributed by atoms with van der Waals surface area (Å²) in [6, 6.07) is 0. The molecule has 2 aliphatic rings. The number of aromatic nitrogens is 2. The van der Waals surface area contributed by atoms with Gasteiger partial charge in [-0.25, -0.2) is 15.3 Å². The molecule has 1 saturated heterocycles. The minimum Gasteiger partial charge on any atom is -0.350 e. The second kappa shape index (κ2) is 5.30.